The molecule has 0 bridgehead atoms. The first-order valence-electron chi connectivity index (χ1n) is 7.03. The highest BCUT2D eigenvalue weighted by Gasteiger charge is 2.17. The zero-order valence-corrected chi connectivity index (χ0v) is 12.0. The van der Waals surface area contributed by atoms with Gasteiger partial charge in [-0.15, -0.1) is 0 Å². The number of hydrogen-bond acceptors (Lipinski definition) is 3. The number of carbonyl (C=O) groups excluding carboxylic acids is 1. The van der Waals surface area contributed by atoms with Crippen molar-refractivity contribution in [3.05, 3.63) is 41.8 Å². The Balaban J connectivity index is 2.06. The highest BCUT2D eigenvalue weighted by molar-refractivity contribution is 5.92. The molecule has 1 N–H and O–H groups in total. The molecule has 0 radical (unpaired) electrons. The minimum atomic E-state index is -0.187. The molecule has 1 amide bonds. The maximum absolute atomic E-state index is 12.0. The van der Waals surface area contributed by atoms with E-state index in [9.17, 15) is 4.79 Å². The Morgan fingerprint density at radius 2 is 2.00 bits per heavy atom. The van der Waals surface area contributed by atoms with Gasteiger partial charge in [-0.25, -0.2) is 4.98 Å². The summed E-state index contributed by atoms with van der Waals surface area (Å²) in [5.41, 5.74) is 1.50. The first-order valence-corrected chi connectivity index (χ1v) is 7.03. The number of amides is 1. The molecule has 1 aromatic carbocycles. The number of carbonyl (C=O) groups is 1. The number of benzene rings is 1. The summed E-state index contributed by atoms with van der Waals surface area (Å²) in [5, 5.41) is 2.87. The van der Waals surface area contributed by atoms with Crippen LogP contribution in [0.25, 0.3) is 11.5 Å². The predicted octanol–water partition coefficient (Wildman–Crippen LogP) is 3.57. The number of aromatic nitrogens is 1. The molecule has 2 rings (SSSR count). The van der Waals surface area contributed by atoms with Gasteiger partial charge in [-0.3, -0.25) is 4.79 Å². The van der Waals surface area contributed by atoms with E-state index in [1.54, 1.807) is 6.92 Å². The monoisotopic (exact) mass is 272 g/mol. The van der Waals surface area contributed by atoms with Crippen LogP contribution in [0, 0.1) is 6.92 Å². The van der Waals surface area contributed by atoms with E-state index in [0.29, 0.717) is 23.9 Å². The lowest BCUT2D eigenvalue weighted by Crippen LogP contribution is -2.24. The number of aryl methyl sites for hydroxylation is 1. The third-order valence-corrected chi connectivity index (χ3v) is 3.09. The lowest BCUT2D eigenvalue weighted by Gasteiger charge is -2.02. The summed E-state index contributed by atoms with van der Waals surface area (Å²) in [6, 6.07) is 9.59. The van der Waals surface area contributed by atoms with Gasteiger partial charge in [-0.05, 0) is 25.5 Å². The minimum Gasteiger partial charge on any atom is -0.431 e. The quantitative estimate of drug-likeness (QED) is 0.818. The van der Waals surface area contributed by atoms with Crippen LogP contribution < -0.4 is 5.32 Å². The fraction of sp³-hybridized carbons (Fsp3) is 0.375. The van der Waals surface area contributed by atoms with Crippen LogP contribution in [0.4, 0.5) is 0 Å². The summed E-state index contributed by atoms with van der Waals surface area (Å²) >= 11 is 0. The van der Waals surface area contributed by atoms with Crippen molar-refractivity contribution in [2.75, 3.05) is 6.54 Å². The van der Waals surface area contributed by atoms with Gasteiger partial charge < -0.3 is 9.73 Å². The summed E-state index contributed by atoms with van der Waals surface area (Å²) in [5.74, 6) is 0.607. The van der Waals surface area contributed by atoms with Gasteiger partial charge in [0.25, 0.3) is 5.91 Å². The van der Waals surface area contributed by atoms with Gasteiger partial charge in [-0.2, -0.15) is 0 Å². The first-order chi connectivity index (χ1) is 9.72. The molecule has 1 heterocycles. The van der Waals surface area contributed by atoms with Crippen LogP contribution >= 0.6 is 0 Å². The Labute approximate surface area is 119 Å². The molecule has 0 unspecified atom stereocenters. The molecule has 4 nitrogen and oxygen atoms in total. The van der Waals surface area contributed by atoms with Gasteiger partial charge in [0, 0.05) is 12.1 Å². The zero-order valence-electron chi connectivity index (χ0n) is 12.0. The minimum absolute atomic E-state index is 0.187. The second-order valence-corrected chi connectivity index (χ2v) is 4.76. The lowest BCUT2D eigenvalue weighted by atomic mass is 10.2. The molecular formula is C16H20N2O2. The van der Waals surface area contributed by atoms with Gasteiger partial charge >= 0.3 is 0 Å². The van der Waals surface area contributed by atoms with Crippen LogP contribution in [0.2, 0.25) is 0 Å². The van der Waals surface area contributed by atoms with E-state index in [0.717, 1.165) is 24.8 Å². The smallest absolute Gasteiger partial charge is 0.289 e. The van der Waals surface area contributed by atoms with Crippen LogP contribution in [0.15, 0.2) is 34.7 Å². The van der Waals surface area contributed by atoms with Crippen LogP contribution in [0.5, 0.6) is 0 Å². The van der Waals surface area contributed by atoms with Crippen molar-refractivity contribution in [2.24, 2.45) is 0 Å². The molecule has 0 saturated carbocycles. The molecule has 0 atom stereocenters. The van der Waals surface area contributed by atoms with Crippen molar-refractivity contribution in [3.63, 3.8) is 0 Å². The summed E-state index contributed by atoms with van der Waals surface area (Å²) in [6.45, 7) is 4.60. The van der Waals surface area contributed by atoms with Gasteiger partial charge in [0.2, 0.25) is 11.7 Å². The molecule has 0 saturated heterocycles. The second-order valence-electron chi connectivity index (χ2n) is 4.76. The average Bonchev–Trinajstić information content (AvgIpc) is 2.86. The summed E-state index contributed by atoms with van der Waals surface area (Å²) in [6.07, 6.45) is 3.24. The van der Waals surface area contributed by atoms with Gasteiger partial charge in [0.1, 0.15) is 0 Å². The van der Waals surface area contributed by atoms with Crippen molar-refractivity contribution in [1.82, 2.24) is 10.3 Å². The van der Waals surface area contributed by atoms with E-state index in [-0.39, 0.29) is 5.91 Å². The van der Waals surface area contributed by atoms with Gasteiger partial charge in [0.15, 0.2) is 0 Å². The Bertz CT molecular complexity index is 561. The molecule has 0 fully saturated rings. The Kier molecular flexibility index (Phi) is 4.93. The lowest BCUT2D eigenvalue weighted by molar-refractivity contribution is 0.0925. The van der Waals surface area contributed by atoms with E-state index >= 15 is 0 Å². The Morgan fingerprint density at radius 1 is 1.25 bits per heavy atom. The van der Waals surface area contributed by atoms with E-state index < -0.39 is 0 Å². The summed E-state index contributed by atoms with van der Waals surface area (Å²) in [7, 11) is 0. The predicted molar refractivity (Wildman–Crippen MR) is 78.5 cm³/mol. The fourth-order valence-corrected chi connectivity index (χ4v) is 1.97. The SMILES string of the molecule is CCCCCNC(=O)c1oc(-c2ccccc2)nc1C. The number of hydrogen-bond donors (Lipinski definition) is 1. The third kappa shape index (κ3) is 3.47. The topological polar surface area (TPSA) is 55.1 Å². The number of nitrogens with zero attached hydrogens (tertiary/aromatic N) is 1. The molecule has 0 aliphatic heterocycles. The standard InChI is InChI=1S/C16H20N2O2/c1-3-4-8-11-17-15(19)14-12(2)18-16(20-14)13-9-6-5-7-10-13/h5-7,9-10H,3-4,8,11H2,1-2H3,(H,17,19). The fourth-order valence-electron chi connectivity index (χ4n) is 1.97. The average molecular weight is 272 g/mol. The normalized spacial score (nSPS) is 10.5. The molecule has 4 heteroatoms. The van der Waals surface area contributed by atoms with Crippen LogP contribution in [-0.2, 0) is 0 Å². The third-order valence-electron chi connectivity index (χ3n) is 3.09. The second kappa shape index (κ2) is 6.89. The molecule has 0 aliphatic rings. The van der Waals surface area contributed by atoms with Crippen molar-refractivity contribution in [1.29, 1.82) is 0 Å². The number of nitrogens with one attached hydrogen (secondary N) is 1. The van der Waals surface area contributed by atoms with Crippen molar-refractivity contribution in [2.45, 2.75) is 33.1 Å². The summed E-state index contributed by atoms with van der Waals surface area (Å²) in [4.78, 5) is 16.3. The van der Waals surface area contributed by atoms with Gasteiger partial charge in [0.05, 0.1) is 5.69 Å². The van der Waals surface area contributed by atoms with E-state index in [1.807, 2.05) is 30.3 Å². The number of rotatable bonds is 6. The molecule has 1 aromatic heterocycles. The number of unbranched alkanes of at least 4 members (excludes halogenated alkanes) is 2. The molecule has 0 aliphatic carbocycles. The Morgan fingerprint density at radius 3 is 2.70 bits per heavy atom. The van der Waals surface area contributed by atoms with Gasteiger partial charge in [-0.1, -0.05) is 38.0 Å². The van der Waals surface area contributed by atoms with Crippen molar-refractivity contribution in [3.8, 4) is 11.5 Å². The van der Waals surface area contributed by atoms with Crippen LogP contribution in [0.3, 0.4) is 0 Å². The highest BCUT2D eigenvalue weighted by Crippen LogP contribution is 2.21. The van der Waals surface area contributed by atoms with E-state index in [1.165, 1.54) is 0 Å². The zero-order chi connectivity index (χ0) is 14.4. The van der Waals surface area contributed by atoms with E-state index in [2.05, 4.69) is 17.2 Å². The molecular weight excluding hydrogens is 252 g/mol. The molecule has 2 aromatic rings. The Hall–Kier alpha value is -2.10. The van der Waals surface area contributed by atoms with Crippen LogP contribution in [-0.4, -0.2) is 17.4 Å². The van der Waals surface area contributed by atoms with E-state index in [4.69, 9.17) is 4.42 Å². The highest BCUT2D eigenvalue weighted by atomic mass is 16.4. The molecule has 0 spiro atoms. The summed E-state index contributed by atoms with van der Waals surface area (Å²) < 4.78 is 5.60. The maximum Gasteiger partial charge on any atom is 0.289 e. The molecule has 20 heavy (non-hydrogen) atoms. The van der Waals surface area contributed by atoms with Crippen molar-refractivity contribution >= 4 is 5.91 Å². The largest absolute Gasteiger partial charge is 0.431 e. The maximum atomic E-state index is 12.0. The van der Waals surface area contributed by atoms with Crippen molar-refractivity contribution < 1.29 is 9.21 Å². The number of oxazole rings is 1. The first kappa shape index (κ1) is 14.3. The molecule has 106 valence electrons. The van der Waals surface area contributed by atoms with Crippen LogP contribution in [0.1, 0.15) is 42.4 Å².